The van der Waals surface area contributed by atoms with E-state index in [2.05, 4.69) is 15.9 Å². The minimum Gasteiger partial charge on any atom is -0.207 e. The zero-order valence-electron chi connectivity index (χ0n) is 11.9. The van der Waals surface area contributed by atoms with E-state index in [4.69, 9.17) is 0 Å². The summed E-state index contributed by atoms with van der Waals surface area (Å²) in [5.41, 5.74) is 1.08. The number of rotatable bonds is 5. The molecule has 20 heavy (non-hydrogen) atoms. The van der Waals surface area contributed by atoms with Gasteiger partial charge < -0.3 is 0 Å². The fraction of sp³-hybridized carbons (Fsp3) is 0.600. The number of halogens is 1. The lowest BCUT2D eigenvalue weighted by Crippen LogP contribution is -2.32. The quantitative estimate of drug-likeness (QED) is 0.750. The fourth-order valence-electron chi connectivity index (χ4n) is 2.76. The molecule has 0 aromatic heterocycles. The molecule has 1 aliphatic rings. The smallest absolute Gasteiger partial charge is 0.207 e. The van der Waals surface area contributed by atoms with Gasteiger partial charge in [-0.25, -0.2) is 12.7 Å². The largest absolute Gasteiger partial charge is 0.242 e. The van der Waals surface area contributed by atoms with E-state index in [0.717, 1.165) is 23.7 Å². The molecule has 0 spiro atoms. The predicted molar refractivity (Wildman–Crippen MR) is 85.5 cm³/mol. The van der Waals surface area contributed by atoms with Crippen molar-refractivity contribution in [1.82, 2.24) is 4.31 Å². The number of nitrogens with zero attached hydrogens (tertiary/aromatic N) is 1. The van der Waals surface area contributed by atoms with Crippen LogP contribution >= 0.6 is 15.9 Å². The first-order chi connectivity index (χ1) is 9.54. The van der Waals surface area contributed by atoms with Crippen LogP contribution in [0.2, 0.25) is 0 Å². The summed E-state index contributed by atoms with van der Waals surface area (Å²) in [4.78, 5) is 0.389. The molecule has 5 heteroatoms. The Kier molecular flexibility index (Phi) is 5.64. The van der Waals surface area contributed by atoms with Gasteiger partial charge in [0.25, 0.3) is 0 Å². The van der Waals surface area contributed by atoms with Crippen LogP contribution in [0, 0.1) is 5.92 Å². The van der Waals surface area contributed by atoms with Gasteiger partial charge in [0.15, 0.2) is 0 Å². The second-order valence-corrected chi connectivity index (χ2v) is 8.17. The van der Waals surface area contributed by atoms with Gasteiger partial charge in [-0.05, 0) is 36.5 Å². The van der Waals surface area contributed by atoms with Crippen molar-refractivity contribution in [2.24, 2.45) is 5.92 Å². The van der Waals surface area contributed by atoms with Crippen LogP contribution in [-0.4, -0.2) is 26.3 Å². The molecule has 0 aliphatic heterocycles. The molecule has 1 fully saturated rings. The number of benzene rings is 1. The van der Waals surface area contributed by atoms with Crippen molar-refractivity contribution in [1.29, 1.82) is 0 Å². The van der Waals surface area contributed by atoms with Crippen LogP contribution in [-0.2, 0) is 15.4 Å². The van der Waals surface area contributed by atoms with Gasteiger partial charge in [-0.3, -0.25) is 0 Å². The second kappa shape index (κ2) is 7.05. The van der Waals surface area contributed by atoms with Crippen LogP contribution in [0.25, 0.3) is 0 Å². The Morgan fingerprint density at radius 1 is 1.15 bits per heavy atom. The van der Waals surface area contributed by atoms with E-state index in [-0.39, 0.29) is 0 Å². The molecule has 1 saturated carbocycles. The molecule has 0 unspecified atom stereocenters. The fourth-order valence-corrected chi connectivity index (χ4v) is 4.38. The molecule has 0 radical (unpaired) electrons. The molecule has 1 aromatic rings. The maximum absolute atomic E-state index is 12.5. The molecule has 0 bridgehead atoms. The van der Waals surface area contributed by atoms with Gasteiger partial charge in [0.05, 0.1) is 4.90 Å². The molecule has 0 saturated heterocycles. The van der Waals surface area contributed by atoms with Crippen LogP contribution in [0.1, 0.15) is 37.7 Å². The summed E-state index contributed by atoms with van der Waals surface area (Å²) >= 11 is 3.37. The van der Waals surface area contributed by atoms with Crippen LogP contribution in [0.3, 0.4) is 0 Å². The highest BCUT2D eigenvalue weighted by Gasteiger charge is 2.24. The molecule has 0 atom stereocenters. The van der Waals surface area contributed by atoms with E-state index in [1.54, 1.807) is 19.2 Å². The van der Waals surface area contributed by atoms with E-state index in [1.165, 1.54) is 23.6 Å². The van der Waals surface area contributed by atoms with E-state index >= 15 is 0 Å². The molecule has 3 nitrogen and oxygen atoms in total. The van der Waals surface area contributed by atoms with Crippen LogP contribution in [0.5, 0.6) is 0 Å². The van der Waals surface area contributed by atoms with Crippen LogP contribution < -0.4 is 0 Å². The molecule has 2 rings (SSSR count). The Bertz CT molecular complexity index is 521. The first-order valence-electron chi connectivity index (χ1n) is 7.15. The van der Waals surface area contributed by atoms with Gasteiger partial charge >= 0.3 is 0 Å². The van der Waals surface area contributed by atoms with E-state index < -0.39 is 10.0 Å². The van der Waals surface area contributed by atoms with Crippen molar-refractivity contribution in [3.05, 3.63) is 29.8 Å². The normalized spacial score (nSPS) is 17.6. The standard InChI is InChI=1S/C15H22BrNO2S/c1-17(12-14-5-3-2-4-6-14)20(18,19)15-9-7-13(11-16)8-10-15/h7-10,14H,2-6,11-12H2,1H3. The average Bonchev–Trinajstić information content (AvgIpc) is 2.48. The van der Waals surface area contributed by atoms with Gasteiger partial charge in [-0.1, -0.05) is 47.3 Å². The van der Waals surface area contributed by atoms with Gasteiger partial charge in [0.2, 0.25) is 10.0 Å². The molecule has 1 aliphatic carbocycles. The summed E-state index contributed by atoms with van der Waals surface area (Å²) in [6.07, 6.45) is 6.07. The maximum Gasteiger partial charge on any atom is 0.242 e. The Labute approximate surface area is 130 Å². The lowest BCUT2D eigenvalue weighted by atomic mass is 9.89. The topological polar surface area (TPSA) is 37.4 Å². The summed E-state index contributed by atoms with van der Waals surface area (Å²) in [6, 6.07) is 7.11. The Morgan fingerprint density at radius 2 is 1.75 bits per heavy atom. The minimum absolute atomic E-state index is 0.389. The number of alkyl halides is 1. The SMILES string of the molecule is CN(CC1CCCCC1)S(=O)(=O)c1ccc(CBr)cc1. The monoisotopic (exact) mass is 359 g/mol. The first kappa shape index (κ1) is 16.0. The molecule has 0 amide bonds. The van der Waals surface area contributed by atoms with Gasteiger partial charge in [-0.15, -0.1) is 0 Å². The van der Waals surface area contributed by atoms with E-state index in [1.807, 2.05) is 12.1 Å². The lowest BCUT2D eigenvalue weighted by Gasteiger charge is -2.26. The Hall–Kier alpha value is -0.390. The van der Waals surface area contributed by atoms with Crippen molar-refractivity contribution in [3.63, 3.8) is 0 Å². The lowest BCUT2D eigenvalue weighted by molar-refractivity contribution is 0.300. The molecule has 0 heterocycles. The van der Waals surface area contributed by atoms with Crippen molar-refractivity contribution in [2.45, 2.75) is 42.3 Å². The first-order valence-corrected chi connectivity index (χ1v) is 9.71. The highest BCUT2D eigenvalue weighted by atomic mass is 79.9. The number of sulfonamides is 1. The summed E-state index contributed by atoms with van der Waals surface area (Å²) in [5, 5.41) is 0.741. The molecule has 1 aromatic carbocycles. The number of hydrogen-bond acceptors (Lipinski definition) is 2. The maximum atomic E-state index is 12.5. The van der Waals surface area contributed by atoms with Crippen LogP contribution in [0.15, 0.2) is 29.2 Å². The summed E-state index contributed by atoms with van der Waals surface area (Å²) in [7, 11) is -1.65. The third-order valence-electron chi connectivity index (χ3n) is 4.03. The van der Waals surface area contributed by atoms with Crippen LogP contribution in [0.4, 0.5) is 0 Å². The summed E-state index contributed by atoms with van der Waals surface area (Å²) < 4.78 is 26.6. The van der Waals surface area contributed by atoms with Crippen molar-refractivity contribution >= 4 is 26.0 Å². The van der Waals surface area contributed by atoms with Gasteiger partial charge in [0.1, 0.15) is 0 Å². The van der Waals surface area contributed by atoms with E-state index in [0.29, 0.717) is 17.4 Å². The molecule has 112 valence electrons. The molecular formula is C15H22BrNO2S. The minimum atomic E-state index is -3.35. The molecule has 0 N–H and O–H groups in total. The third kappa shape index (κ3) is 3.83. The highest BCUT2D eigenvalue weighted by Crippen LogP contribution is 2.26. The second-order valence-electron chi connectivity index (χ2n) is 5.57. The number of hydrogen-bond donors (Lipinski definition) is 0. The predicted octanol–water partition coefficient (Wildman–Crippen LogP) is 3.78. The van der Waals surface area contributed by atoms with Gasteiger partial charge in [-0.2, -0.15) is 0 Å². The Morgan fingerprint density at radius 3 is 2.30 bits per heavy atom. The highest BCUT2D eigenvalue weighted by molar-refractivity contribution is 9.08. The Balaban J connectivity index is 2.07. The van der Waals surface area contributed by atoms with Gasteiger partial charge in [0, 0.05) is 18.9 Å². The van der Waals surface area contributed by atoms with Crippen molar-refractivity contribution in [2.75, 3.05) is 13.6 Å². The molecular weight excluding hydrogens is 338 g/mol. The summed E-state index contributed by atoms with van der Waals surface area (Å²) in [5.74, 6) is 0.519. The van der Waals surface area contributed by atoms with Crippen molar-refractivity contribution < 1.29 is 8.42 Å². The third-order valence-corrected chi connectivity index (χ3v) is 6.51. The van der Waals surface area contributed by atoms with Crippen molar-refractivity contribution in [3.8, 4) is 0 Å². The average molecular weight is 360 g/mol. The zero-order chi connectivity index (χ0) is 14.6. The van der Waals surface area contributed by atoms with E-state index in [9.17, 15) is 8.42 Å². The summed E-state index contributed by atoms with van der Waals surface area (Å²) in [6.45, 7) is 0.641. The zero-order valence-corrected chi connectivity index (χ0v) is 14.3.